The molecule has 1 aromatic rings. The van der Waals surface area contributed by atoms with Gasteiger partial charge >= 0.3 is 0 Å². The summed E-state index contributed by atoms with van der Waals surface area (Å²) in [7, 11) is 0. The molecule has 2 nitrogen and oxygen atoms in total. The van der Waals surface area contributed by atoms with Gasteiger partial charge in [-0.15, -0.1) is 0 Å². The Hall–Kier alpha value is -1.44. The van der Waals surface area contributed by atoms with Crippen molar-refractivity contribution in [2.45, 2.75) is 0 Å². The lowest BCUT2D eigenvalue weighted by Gasteiger charge is -1.93. The third-order valence-electron chi connectivity index (χ3n) is 1.44. The highest BCUT2D eigenvalue weighted by molar-refractivity contribution is 5.86. The summed E-state index contributed by atoms with van der Waals surface area (Å²) >= 11 is 0. The first-order valence-electron chi connectivity index (χ1n) is 3.10. The quantitative estimate of drug-likeness (QED) is 0.510. The van der Waals surface area contributed by atoms with Crippen molar-refractivity contribution in [2.24, 2.45) is 0 Å². The molecular weight excluding hydrogens is 124 g/mol. The highest BCUT2D eigenvalue weighted by atomic mass is 14.7. The van der Waals surface area contributed by atoms with Crippen LogP contribution >= 0.6 is 0 Å². The molecule has 47 valence electrons. The van der Waals surface area contributed by atoms with E-state index in [4.69, 9.17) is 0 Å². The van der Waals surface area contributed by atoms with Gasteiger partial charge in [-0.05, 0) is 11.6 Å². The number of hydrogen-bond donors (Lipinski definition) is 0. The maximum atomic E-state index is 3.97. The Morgan fingerprint density at radius 2 is 2.30 bits per heavy atom. The van der Waals surface area contributed by atoms with E-state index in [0.717, 1.165) is 5.56 Å². The standard InChI is InChI=1S/C8H6N2/c1-3-9-5-8-6-10-4-2-7(1)8/h1-6H/q+1. The van der Waals surface area contributed by atoms with E-state index in [0.29, 0.717) is 0 Å². The fraction of sp³-hybridized carbons (Fsp3) is 0. The highest BCUT2D eigenvalue weighted by Crippen LogP contribution is 2.07. The van der Waals surface area contributed by atoms with Crippen molar-refractivity contribution in [3.8, 4) is 0 Å². The van der Waals surface area contributed by atoms with E-state index in [1.165, 1.54) is 5.56 Å². The molecule has 2 heteroatoms. The molecule has 1 aliphatic rings. The van der Waals surface area contributed by atoms with Crippen molar-refractivity contribution in [1.82, 2.24) is 9.98 Å². The Kier molecular flexibility index (Phi) is 1.10. The average molecular weight is 130 g/mol. The second-order valence-corrected chi connectivity index (χ2v) is 2.10. The fourth-order valence-electron chi connectivity index (χ4n) is 0.924. The smallest absolute Gasteiger partial charge is 0.251 e. The second kappa shape index (κ2) is 2.06. The Morgan fingerprint density at radius 3 is 3.20 bits per heavy atom. The lowest BCUT2D eigenvalue weighted by Crippen LogP contribution is -1.96. The third kappa shape index (κ3) is 0.739. The third-order valence-corrected chi connectivity index (χ3v) is 1.44. The lowest BCUT2D eigenvalue weighted by atomic mass is 10.1. The van der Waals surface area contributed by atoms with E-state index in [1.54, 1.807) is 12.4 Å². The molecule has 1 radical (unpaired) electrons. The minimum absolute atomic E-state index is 1.09. The summed E-state index contributed by atoms with van der Waals surface area (Å²) in [5.74, 6) is 0. The van der Waals surface area contributed by atoms with Crippen molar-refractivity contribution in [2.75, 3.05) is 0 Å². The van der Waals surface area contributed by atoms with Gasteiger partial charge in [-0.25, -0.2) is 0 Å². The molecule has 2 heterocycles. The first-order chi connectivity index (χ1) is 4.97. The van der Waals surface area contributed by atoms with Gasteiger partial charge in [0.05, 0.1) is 10.6 Å². The Morgan fingerprint density at radius 1 is 1.30 bits per heavy atom. The molecule has 0 saturated heterocycles. The van der Waals surface area contributed by atoms with Crippen LogP contribution in [0.3, 0.4) is 0 Å². The van der Waals surface area contributed by atoms with Crippen LogP contribution in [0.4, 0.5) is 0 Å². The Labute approximate surface area is 58.9 Å². The number of nitrogens with zero attached hydrogens (tertiary/aromatic N) is 2. The number of fused-ring (bicyclic) bond motifs is 1. The SMILES string of the molecule is C1=Cc2ccncc2C=[N+]1. The molecule has 0 saturated carbocycles. The summed E-state index contributed by atoms with van der Waals surface area (Å²) in [5.41, 5.74) is 2.27. The fourth-order valence-corrected chi connectivity index (χ4v) is 0.924. The summed E-state index contributed by atoms with van der Waals surface area (Å²) in [4.78, 5) is 7.95. The molecule has 0 fully saturated rings. The molecule has 0 aliphatic carbocycles. The zero-order valence-electron chi connectivity index (χ0n) is 5.36. The molecule has 0 N–H and O–H groups in total. The van der Waals surface area contributed by atoms with E-state index < -0.39 is 0 Å². The Balaban J connectivity index is 2.65. The molecule has 0 bridgehead atoms. The van der Waals surface area contributed by atoms with Gasteiger partial charge in [0.2, 0.25) is 6.20 Å². The normalized spacial score (nSPS) is 13.2. The van der Waals surface area contributed by atoms with Crippen LogP contribution in [0.15, 0.2) is 24.7 Å². The predicted molar refractivity (Wildman–Crippen MR) is 40.6 cm³/mol. The molecule has 0 amide bonds. The second-order valence-electron chi connectivity index (χ2n) is 2.10. The van der Waals surface area contributed by atoms with Crippen molar-refractivity contribution in [3.05, 3.63) is 35.8 Å². The average Bonchev–Trinajstić information content (AvgIpc) is 2.05. The van der Waals surface area contributed by atoms with Gasteiger partial charge in [0.1, 0.15) is 0 Å². The minimum Gasteiger partial charge on any atom is -0.264 e. The van der Waals surface area contributed by atoms with E-state index in [9.17, 15) is 0 Å². The van der Waals surface area contributed by atoms with E-state index in [1.807, 2.05) is 24.6 Å². The summed E-state index contributed by atoms with van der Waals surface area (Å²) in [5, 5.41) is 0. The summed E-state index contributed by atoms with van der Waals surface area (Å²) in [6, 6.07) is 1.97. The molecule has 0 spiro atoms. The number of aromatic nitrogens is 1. The molecule has 0 unspecified atom stereocenters. The maximum Gasteiger partial charge on any atom is 0.251 e. The van der Waals surface area contributed by atoms with E-state index >= 15 is 0 Å². The van der Waals surface area contributed by atoms with Gasteiger partial charge in [0.15, 0.2) is 0 Å². The first kappa shape index (κ1) is 5.35. The van der Waals surface area contributed by atoms with Crippen LogP contribution < -0.4 is 4.99 Å². The van der Waals surface area contributed by atoms with Crippen molar-refractivity contribution < 1.29 is 0 Å². The van der Waals surface area contributed by atoms with Crippen LogP contribution in [0.5, 0.6) is 0 Å². The number of hydrogen-bond acceptors (Lipinski definition) is 2. The van der Waals surface area contributed by atoms with E-state index in [2.05, 4.69) is 9.98 Å². The zero-order valence-corrected chi connectivity index (χ0v) is 5.36. The molecular formula is C8H6N2+. The van der Waals surface area contributed by atoms with Crippen LogP contribution in [0, 0.1) is 0 Å². The lowest BCUT2D eigenvalue weighted by molar-refractivity contribution is 1.29. The molecule has 2 rings (SSSR count). The van der Waals surface area contributed by atoms with Crippen molar-refractivity contribution in [1.29, 1.82) is 0 Å². The van der Waals surface area contributed by atoms with Crippen LogP contribution in [-0.4, -0.2) is 11.2 Å². The largest absolute Gasteiger partial charge is 0.264 e. The summed E-state index contributed by atoms with van der Waals surface area (Å²) < 4.78 is 0. The molecule has 0 atom stereocenters. The topological polar surface area (TPSA) is 27.0 Å². The van der Waals surface area contributed by atoms with Gasteiger partial charge in [-0.1, -0.05) is 0 Å². The van der Waals surface area contributed by atoms with Crippen LogP contribution in [0.2, 0.25) is 0 Å². The van der Waals surface area contributed by atoms with Gasteiger partial charge in [0, 0.05) is 18.5 Å². The first-order valence-corrected chi connectivity index (χ1v) is 3.10. The van der Waals surface area contributed by atoms with Gasteiger partial charge in [0.25, 0.3) is 6.21 Å². The highest BCUT2D eigenvalue weighted by Gasteiger charge is 2.04. The number of rotatable bonds is 0. The number of aliphatic imine (C=N–C) groups is 1. The van der Waals surface area contributed by atoms with Gasteiger partial charge in [-0.2, -0.15) is 0 Å². The molecule has 0 aromatic carbocycles. The van der Waals surface area contributed by atoms with Gasteiger partial charge < -0.3 is 0 Å². The van der Waals surface area contributed by atoms with Crippen LogP contribution in [0.25, 0.3) is 6.08 Å². The minimum atomic E-state index is 1.09. The zero-order chi connectivity index (χ0) is 6.81. The summed E-state index contributed by atoms with van der Waals surface area (Å²) in [6.45, 7) is 0. The van der Waals surface area contributed by atoms with Crippen molar-refractivity contribution in [3.63, 3.8) is 0 Å². The maximum absolute atomic E-state index is 3.97. The summed E-state index contributed by atoms with van der Waals surface area (Å²) in [6.07, 6.45) is 9.15. The molecule has 1 aliphatic heterocycles. The molecule has 10 heavy (non-hydrogen) atoms. The van der Waals surface area contributed by atoms with Crippen molar-refractivity contribution >= 4 is 12.3 Å². The predicted octanol–water partition coefficient (Wildman–Crippen LogP) is 0.821. The van der Waals surface area contributed by atoms with Crippen LogP contribution in [-0.2, 0) is 0 Å². The van der Waals surface area contributed by atoms with Gasteiger partial charge in [-0.3, -0.25) is 4.98 Å². The molecule has 1 aromatic heterocycles. The monoisotopic (exact) mass is 130 g/mol. The van der Waals surface area contributed by atoms with E-state index in [-0.39, 0.29) is 0 Å². The number of pyridine rings is 1. The van der Waals surface area contributed by atoms with Crippen LogP contribution in [0.1, 0.15) is 11.1 Å². The Bertz CT molecular complexity index is 269.